The average Bonchev–Trinajstić information content (AvgIpc) is 3.14. The van der Waals surface area contributed by atoms with Gasteiger partial charge in [-0.3, -0.25) is 9.47 Å². The number of aromatic nitrogens is 2. The van der Waals surface area contributed by atoms with E-state index in [1.807, 2.05) is 13.8 Å². The normalized spacial score (nSPS) is 20.6. The van der Waals surface area contributed by atoms with Crippen LogP contribution in [-0.2, 0) is 26.9 Å². The molecule has 1 saturated heterocycles. The molecule has 14 heteroatoms. The van der Waals surface area contributed by atoms with E-state index in [1.54, 1.807) is 30.6 Å². The first kappa shape index (κ1) is 34.0. The highest BCUT2D eigenvalue weighted by Gasteiger charge is 2.40. The molecule has 5 rings (SSSR count). The van der Waals surface area contributed by atoms with Crippen molar-refractivity contribution in [1.82, 2.24) is 14.5 Å². The van der Waals surface area contributed by atoms with E-state index >= 15 is 0 Å². The number of ether oxygens (including phenoxy) is 3. The molecule has 0 radical (unpaired) electrons. The second kappa shape index (κ2) is 13.0. The highest BCUT2D eigenvalue weighted by molar-refractivity contribution is 7.99. The first-order valence-electron chi connectivity index (χ1n) is 15.0. The van der Waals surface area contributed by atoms with Gasteiger partial charge in [-0.2, -0.15) is 18.2 Å². The van der Waals surface area contributed by atoms with Gasteiger partial charge < -0.3 is 19.1 Å². The molecule has 0 aliphatic carbocycles. The molecule has 1 fully saturated rings. The van der Waals surface area contributed by atoms with E-state index < -0.39 is 53.1 Å². The van der Waals surface area contributed by atoms with Crippen molar-refractivity contribution < 1.29 is 36.6 Å². The number of carbonyl (C=O) groups is 1. The monoisotopic (exact) mass is 666 g/mol. The molecular weight excluding hydrogens is 628 g/mol. The van der Waals surface area contributed by atoms with Gasteiger partial charge in [0.25, 0.3) is 0 Å². The van der Waals surface area contributed by atoms with Crippen LogP contribution in [-0.4, -0.2) is 83.5 Å². The number of amides is 1. The SMILES string of the molecule is COCCOC1CSc2c(-c3ccc(F)cc3)c(C(F)(F)F)cc3c(N4CC(C)N(C(=O)OC(C)(C)C)C(C)C4)nc(=O)n(c23)C1. The van der Waals surface area contributed by atoms with Crippen LogP contribution in [0.25, 0.3) is 22.0 Å². The summed E-state index contributed by atoms with van der Waals surface area (Å²) in [7, 11) is 1.53. The molecule has 0 N–H and O–H groups in total. The molecule has 3 unspecified atom stereocenters. The average molecular weight is 667 g/mol. The summed E-state index contributed by atoms with van der Waals surface area (Å²) in [6.45, 7) is 9.99. The molecule has 46 heavy (non-hydrogen) atoms. The number of rotatable bonds is 6. The summed E-state index contributed by atoms with van der Waals surface area (Å²) >= 11 is 1.16. The third kappa shape index (κ3) is 6.98. The van der Waals surface area contributed by atoms with Crippen LogP contribution in [0.3, 0.4) is 0 Å². The maximum absolute atomic E-state index is 14.9. The Bertz CT molecular complexity index is 1650. The summed E-state index contributed by atoms with van der Waals surface area (Å²) in [6.07, 6.45) is -5.80. The molecule has 250 valence electrons. The zero-order valence-electron chi connectivity index (χ0n) is 26.6. The molecule has 2 aromatic carbocycles. The number of carbonyl (C=O) groups excluding carboxylic acids is 1. The molecule has 0 spiro atoms. The molecule has 0 saturated carbocycles. The number of methoxy groups -OCH3 is 1. The number of hydrogen-bond acceptors (Lipinski definition) is 8. The molecule has 2 aliphatic heterocycles. The van der Waals surface area contributed by atoms with Crippen molar-refractivity contribution in [3.8, 4) is 11.1 Å². The molecule has 1 amide bonds. The number of anilines is 1. The van der Waals surface area contributed by atoms with E-state index in [-0.39, 0.29) is 59.2 Å². The summed E-state index contributed by atoms with van der Waals surface area (Å²) in [5.74, 6) is -0.219. The van der Waals surface area contributed by atoms with Crippen LogP contribution in [0.15, 0.2) is 40.0 Å². The largest absolute Gasteiger partial charge is 0.444 e. The van der Waals surface area contributed by atoms with Crippen LogP contribution in [0.1, 0.15) is 40.2 Å². The van der Waals surface area contributed by atoms with Gasteiger partial charge in [0, 0.05) is 41.8 Å². The van der Waals surface area contributed by atoms with E-state index in [0.29, 0.717) is 12.1 Å². The van der Waals surface area contributed by atoms with E-state index in [9.17, 15) is 27.2 Å². The standard InChI is InChI=1S/C32H38F4N4O5S/c1-18-14-38(15-19(2)40(18)30(42)45-31(3,4)5)28-23-13-24(32(34,35)36)25(20-7-9-21(33)10-8-20)27-26(23)39(29(41)37-28)16-22(17-46-27)44-12-11-43-6/h7-10,13,18-19,22H,11-12,14-17H2,1-6H3. The molecule has 9 nitrogen and oxygen atoms in total. The van der Waals surface area contributed by atoms with Gasteiger partial charge in [0.05, 0.1) is 49.0 Å². The van der Waals surface area contributed by atoms with Crippen LogP contribution in [0.2, 0.25) is 0 Å². The minimum absolute atomic E-state index is 0.0692. The molecule has 3 atom stereocenters. The zero-order valence-corrected chi connectivity index (χ0v) is 27.4. The lowest BCUT2D eigenvalue weighted by Gasteiger charge is -2.45. The van der Waals surface area contributed by atoms with Crippen molar-refractivity contribution in [2.45, 2.75) is 76.0 Å². The number of nitrogens with zero attached hydrogens (tertiary/aromatic N) is 4. The molecule has 0 bridgehead atoms. The Morgan fingerprint density at radius 1 is 1.04 bits per heavy atom. The van der Waals surface area contributed by atoms with Gasteiger partial charge in [0.2, 0.25) is 0 Å². The Hall–Kier alpha value is -3.36. The van der Waals surface area contributed by atoms with Crippen molar-refractivity contribution in [3.63, 3.8) is 0 Å². The fraction of sp³-hybridized carbons (Fsp3) is 0.531. The van der Waals surface area contributed by atoms with Gasteiger partial charge in [0.1, 0.15) is 17.2 Å². The number of piperazine rings is 1. The van der Waals surface area contributed by atoms with Gasteiger partial charge in [-0.15, -0.1) is 11.8 Å². The molecule has 2 aliphatic rings. The minimum Gasteiger partial charge on any atom is -0.444 e. The van der Waals surface area contributed by atoms with Crippen molar-refractivity contribution >= 4 is 34.6 Å². The van der Waals surface area contributed by atoms with Crippen LogP contribution < -0.4 is 10.6 Å². The lowest BCUT2D eigenvalue weighted by Crippen LogP contribution is -2.59. The van der Waals surface area contributed by atoms with Gasteiger partial charge in [-0.25, -0.2) is 14.0 Å². The quantitative estimate of drug-likeness (QED) is 0.228. The van der Waals surface area contributed by atoms with E-state index in [2.05, 4.69) is 4.98 Å². The zero-order chi connectivity index (χ0) is 33.6. The number of benzene rings is 2. The van der Waals surface area contributed by atoms with E-state index in [1.165, 1.54) is 23.8 Å². The number of halogens is 4. The summed E-state index contributed by atoms with van der Waals surface area (Å²) in [5, 5.41) is 0.156. The predicted molar refractivity (Wildman–Crippen MR) is 168 cm³/mol. The lowest BCUT2D eigenvalue weighted by molar-refractivity contribution is -0.137. The van der Waals surface area contributed by atoms with Gasteiger partial charge in [-0.1, -0.05) is 12.1 Å². The molecule has 3 heterocycles. The summed E-state index contributed by atoms with van der Waals surface area (Å²) in [6, 6.07) is 5.08. The summed E-state index contributed by atoms with van der Waals surface area (Å²) in [4.78, 5) is 34.8. The van der Waals surface area contributed by atoms with Crippen molar-refractivity contribution in [3.05, 3.63) is 52.2 Å². The van der Waals surface area contributed by atoms with Crippen molar-refractivity contribution in [1.29, 1.82) is 0 Å². The van der Waals surface area contributed by atoms with Crippen LogP contribution in [0.4, 0.5) is 28.2 Å². The predicted octanol–water partition coefficient (Wildman–Crippen LogP) is 6.19. The Labute approximate surface area is 268 Å². The molecule has 3 aromatic rings. The highest BCUT2D eigenvalue weighted by atomic mass is 32.2. The fourth-order valence-corrected chi connectivity index (χ4v) is 7.36. The molecule has 1 aromatic heterocycles. The molecular formula is C32H38F4N4O5S. The van der Waals surface area contributed by atoms with Crippen molar-refractivity contribution in [2.24, 2.45) is 0 Å². The number of alkyl halides is 3. The Morgan fingerprint density at radius 3 is 2.28 bits per heavy atom. The van der Waals surface area contributed by atoms with Crippen LogP contribution in [0, 0.1) is 5.82 Å². The second-order valence-electron chi connectivity index (χ2n) is 12.6. The lowest BCUT2D eigenvalue weighted by atomic mass is 9.96. The number of thioether (sulfide) groups is 1. The Morgan fingerprint density at radius 2 is 1.70 bits per heavy atom. The summed E-state index contributed by atoms with van der Waals surface area (Å²) < 4.78 is 76.7. The number of hydrogen-bond donors (Lipinski definition) is 0. The van der Waals surface area contributed by atoms with Crippen LogP contribution >= 0.6 is 11.8 Å². The maximum Gasteiger partial charge on any atom is 0.417 e. The van der Waals surface area contributed by atoms with E-state index in [0.717, 1.165) is 30.0 Å². The van der Waals surface area contributed by atoms with Gasteiger partial charge in [-0.05, 0) is 58.4 Å². The third-order valence-electron chi connectivity index (χ3n) is 7.90. The van der Waals surface area contributed by atoms with Gasteiger partial charge >= 0.3 is 18.0 Å². The summed E-state index contributed by atoms with van der Waals surface area (Å²) in [5.41, 5.74) is -1.93. The van der Waals surface area contributed by atoms with Crippen molar-refractivity contribution in [2.75, 3.05) is 44.1 Å². The van der Waals surface area contributed by atoms with E-state index in [4.69, 9.17) is 14.2 Å². The highest BCUT2D eigenvalue weighted by Crippen LogP contribution is 2.48. The second-order valence-corrected chi connectivity index (χ2v) is 13.7. The third-order valence-corrected chi connectivity index (χ3v) is 9.13. The first-order valence-corrected chi connectivity index (χ1v) is 16.0. The first-order chi connectivity index (χ1) is 21.6. The fourth-order valence-electron chi connectivity index (χ4n) is 6.07. The maximum atomic E-state index is 14.9. The van der Waals surface area contributed by atoms with Gasteiger partial charge in [0.15, 0.2) is 0 Å². The minimum atomic E-state index is -4.79. The Balaban J connectivity index is 1.70. The van der Waals surface area contributed by atoms with Crippen LogP contribution in [0.5, 0.6) is 0 Å². The topological polar surface area (TPSA) is 86.1 Å². The Kier molecular flexibility index (Phi) is 9.63. The smallest absolute Gasteiger partial charge is 0.417 e.